The predicted molar refractivity (Wildman–Crippen MR) is 90.0 cm³/mol. The number of thioether (sulfide) groups is 1. The van der Waals surface area contributed by atoms with E-state index in [1.807, 2.05) is 30.0 Å². The molecule has 1 aromatic rings. The fraction of sp³-hybridized carbons (Fsp3) is 0.538. The molecule has 20 heavy (non-hydrogen) atoms. The van der Waals surface area contributed by atoms with Crippen LogP contribution >= 0.6 is 27.7 Å². The van der Waals surface area contributed by atoms with Gasteiger partial charge in [0.25, 0.3) is 0 Å². The Morgan fingerprint density at radius 1 is 1.50 bits per heavy atom. The van der Waals surface area contributed by atoms with Crippen LogP contribution < -0.4 is 10.6 Å². The molecule has 1 aromatic carbocycles. The average molecular weight is 379 g/mol. The van der Waals surface area contributed by atoms with E-state index in [2.05, 4.69) is 15.9 Å². The number of halogens is 1. The van der Waals surface area contributed by atoms with Crippen molar-refractivity contribution >= 4 is 43.2 Å². The lowest BCUT2D eigenvalue weighted by Gasteiger charge is -2.36. The summed E-state index contributed by atoms with van der Waals surface area (Å²) in [4.78, 5) is 1.97. The lowest BCUT2D eigenvalue weighted by atomic mass is 10.1. The van der Waals surface area contributed by atoms with Gasteiger partial charge in [0, 0.05) is 34.8 Å². The highest BCUT2D eigenvalue weighted by molar-refractivity contribution is 9.10. The van der Waals surface area contributed by atoms with Crippen LogP contribution in [0.2, 0.25) is 0 Å². The maximum absolute atomic E-state index is 12.0. The first kappa shape index (κ1) is 16.1. The van der Waals surface area contributed by atoms with E-state index in [4.69, 9.17) is 5.73 Å². The van der Waals surface area contributed by atoms with Gasteiger partial charge in [0.15, 0.2) is 9.84 Å². The molecule has 7 heteroatoms. The molecule has 1 aliphatic heterocycles. The van der Waals surface area contributed by atoms with Crippen molar-refractivity contribution in [3.8, 4) is 0 Å². The minimum Gasteiger partial charge on any atom is -0.353 e. The molecule has 0 aromatic heterocycles. The van der Waals surface area contributed by atoms with Crippen LogP contribution in [0.3, 0.4) is 0 Å². The number of nitrogens with zero attached hydrogens (tertiary/aromatic N) is 1. The quantitative estimate of drug-likeness (QED) is 0.874. The highest BCUT2D eigenvalue weighted by atomic mass is 79.9. The summed E-state index contributed by atoms with van der Waals surface area (Å²) in [7, 11) is -3.11. The summed E-state index contributed by atoms with van der Waals surface area (Å²) in [6.45, 7) is 2.66. The number of sulfone groups is 1. The molecular weight excluding hydrogens is 360 g/mol. The second kappa shape index (κ2) is 6.25. The van der Waals surface area contributed by atoms with Crippen LogP contribution in [0.1, 0.15) is 18.5 Å². The van der Waals surface area contributed by atoms with E-state index in [-0.39, 0.29) is 6.04 Å². The molecule has 0 bridgehead atoms. The summed E-state index contributed by atoms with van der Waals surface area (Å²) in [5, 5.41) is -0.460. The standard InChI is InChI=1S/C13H19BrN2O2S2/c1-9(15)10-3-4-12(11(14)7-10)16-5-6-19-8-13(16)20(2,17)18/h3-4,7,9,13H,5-6,8,15H2,1-2H3/t9-,13?/m1/s1. The van der Waals surface area contributed by atoms with E-state index in [1.165, 1.54) is 6.26 Å². The molecule has 0 saturated carbocycles. The predicted octanol–water partition coefficient (Wildman–Crippen LogP) is 2.39. The van der Waals surface area contributed by atoms with E-state index in [1.54, 1.807) is 11.8 Å². The van der Waals surface area contributed by atoms with Gasteiger partial charge in [0.1, 0.15) is 5.37 Å². The van der Waals surface area contributed by atoms with Crippen molar-refractivity contribution in [2.45, 2.75) is 18.3 Å². The Morgan fingerprint density at radius 2 is 2.20 bits per heavy atom. The average Bonchev–Trinajstić information content (AvgIpc) is 2.37. The first-order valence-corrected chi connectivity index (χ1v) is 10.3. The first-order chi connectivity index (χ1) is 9.30. The summed E-state index contributed by atoms with van der Waals surface area (Å²) in [5.74, 6) is 1.55. The van der Waals surface area contributed by atoms with Crippen LogP contribution in [-0.4, -0.2) is 38.1 Å². The molecule has 1 aliphatic rings. The molecule has 1 heterocycles. The van der Waals surface area contributed by atoms with Crippen molar-refractivity contribution in [1.29, 1.82) is 0 Å². The minimum atomic E-state index is -3.11. The van der Waals surface area contributed by atoms with Crippen LogP contribution in [-0.2, 0) is 9.84 Å². The Hall–Kier alpha value is -0.240. The van der Waals surface area contributed by atoms with Gasteiger partial charge in [0.05, 0.1) is 5.69 Å². The Labute approximate surface area is 133 Å². The van der Waals surface area contributed by atoms with Gasteiger partial charge < -0.3 is 10.6 Å². The molecule has 0 spiro atoms. The summed E-state index contributed by atoms with van der Waals surface area (Å²) < 4.78 is 24.8. The number of rotatable bonds is 3. The normalized spacial score (nSPS) is 21.8. The van der Waals surface area contributed by atoms with Crippen LogP contribution in [0.5, 0.6) is 0 Å². The van der Waals surface area contributed by atoms with Gasteiger partial charge in [0.2, 0.25) is 0 Å². The van der Waals surface area contributed by atoms with E-state index in [9.17, 15) is 8.42 Å². The molecule has 1 fully saturated rings. The molecule has 2 N–H and O–H groups in total. The van der Waals surface area contributed by atoms with Gasteiger partial charge in [-0.15, -0.1) is 0 Å². The molecule has 0 radical (unpaired) electrons. The Balaban J connectivity index is 2.38. The lowest BCUT2D eigenvalue weighted by molar-refractivity contribution is 0.584. The van der Waals surface area contributed by atoms with Gasteiger partial charge >= 0.3 is 0 Å². The lowest BCUT2D eigenvalue weighted by Crippen LogP contribution is -2.47. The second-order valence-electron chi connectivity index (χ2n) is 5.05. The Bertz CT molecular complexity index is 590. The molecule has 112 valence electrons. The van der Waals surface area contributed by atoms with Crippen LogP contribution in [0.25, 0.3) is 0 Å². The summed E-state index contributed by atoms with van der Waals surface area (Å²) in [6, 6.07) is 5.85. The van der Waals surface area contributed by atoms with Gasteiger partial charge in [-0.1, -0.05) is 6.07 Å². The van der Waals surface area contributed by atoms with Crippen LogP contribution in [0, 0.1) is 0 Å². The fourth-order valence-corrected chi connectivity index (χ4v) is 5.71. The monoisotopic (exact) mass is 378 g/mol. The minimum absolute atomic E-state index is 0.0389. The van der Waals surface area contributed by atoms with Crippen molar-refractivity contribution in [3.05, 3.63) is 28.2 Å². The van der Waals surface area contributed by atoms with Crippen molar-refractivity contribution in [1.82, 2.24) is 0 Å². The molecule has 1 unspecified atom stereocenters. The maximum atomic E-state index is 12.0. The van der Waals surface area contributed by atoms with Gasteiger partial charge in [-0.25, -0.2) is 8.42 Å². The molecule has 2 rings (SSSR count). The van der Waals surface area contributed by atoms with E-state index >= 15 is 0 Å². The first-order valence-electron chi connectivity index (χ1n) is 6.39. The maximum Gasteiger partial charge on any atom is 0.169 e. The highest BCUT2D eigenvalue weighted by Crippen LogP contribution is 2.34. The van der Waals surface area contributed by atoms with E-state index in [0.29, 0.717) is 5.75 Å². The molecule has 0 amide bonds. The second-order valence-corrected chi connectivity index (χ2v) is 9.26. The zero-order chi connectivity index (χ0) is 14.9. The molecule has 2 atom stereocenters. The topological polar surface area (TPSA) is 63.4 Å². The molecular formula is C13H19BrN2O2S2. The fourth-order valence-electron chi connectivity index (χ4n) is 2.25. The number of anilines is 1. The number of nitrogens with two attached hydrogens (primary N) is 1. The molecule has 1 saturated heterocycles. The third-order valence-corrected chi connectivity index (χ3v) is 6.66. The third kappa shape index (κ3) is 3.50. The Kier molecular flexibility index (Phi) is 5.05. The summed E-state index contributed by atoms with van der Waals surface area (Å²) >= 11 is 5.23. The van der Waals surface area contributed by atoms with Crippen LogP contribution in [0.15, 0.2) is 22.7 Å². The number of benzene rings is 1. The number of hydrogen-bond acceptors (Lipinski definition) is 5. The smallest absolute Gasteiger partial charge is 0.169 e. The number of hydrogen-bond donors (Lipinski definition) is 1. The van der Waals surface area contributed by atoms with Crippen molar-refractivity contribution in [2.75, 3.05) is 29.2 Å². The van der Waals surface area contributed by atoms with E-state index < -0.39 is 15.2 Å². The molecule has 0 aliphatic carbocycles. The summed E-state index contributed by atoms with van der Waals surface area (Å²) in [6.07, 6.45) is 1.31. The van der Waals surface area contributed by atoms with Gasteiger partial charge in [-0.3, -0.25) is 0 Å². The van der Waals surface area contributed by atoms with Crippen LogP contribution in [0.4, 0.5) is 5.69 Å². The van der Waals surface area contributed by atoms with Gasteiger partial charge in [-0.05, 0) is 40.5 Å². The highest BCUT2D eigenvalue weighted by Gasteiger charge is 2.32. The van der Waals surface area contributed by atoms with Crippen molar-refractivity contribution in [2.24, 2.45) is 5.73 Å². The zero-order valence-electron chi connectivity index (χ0n) is 11.5. The Morgan fingerprint density at radius 3 is 2.75 bits per heavy atom. The zero-order valence-corrected chi connectivity index (χ0v) is 14.8. The SMILES string of the molecule is C[C@@H](N)c1ccc(N2CCSCC2S(C)(=O)=O)c(Br)c1. The van der Waals surface area contributed by atoms with E-state index in [0.717, 1.165) is 28.0 Å². The summed E-state index contributed by atoms with van der Waals surface area (Å²) in [5.41, 5.74) is 7.83. The van der Waals surface area contributed by atoms with Gasteiger partial charge in [-0.2, -0.15) is 11.8 Å². The van der Waals surface area contributed by atoms with Crippen molar-refractivity contribution in [3.63, 3.8) is 0 Å². The van der Waals surface area contributed by atoms with Crippen molar-refractivity contribution < 1.29 is 8.42 Å². The third-order valence-electron chi connectivity index (χ3n) is 3.39. The molecule has 4 nitrogen and oxygen atoms in total. The largest absolute Gasteiger partial charge is 0.353 e.